The first-order valence-corrected chi connectivity index (χ1v) is 11.4. The Hall–Kier alpha value is -1.05. The second-order valence-electron chi connectivity index (χ2n) is 6.81. The summed E-state index contributed by atoms with van der Waals surface area (Å²) in [7, 11) is -3.40. The van der Waals surface area contributed by atoms with Gasteiger partial charge in [0.25, 0.3) is 0 Å². The summed E-state index contributed by atoms with van der Waals surface area (Å²) in [5.41, 5.74) is 0.643. The van der Waals surface area contributed by atoms with E-state index in [0.717, 1.165) is 12.8 Å². The van der Waals surface area contributed by atoms with E-state index in [2.05, 4.69) is 5.32 Å². The third-order valence-corrected chi connectivity index (χ3v) is 8.28. The highest BCUT2D eigenvalue weighted by atomic mass is 32.2. The molecule has 2 fully saturated rings. The number of benzene rings is 1. The molecule has 2 aliphatic rings. The quantitative estimate of drug-likeness (QED) is 0.818. The maximum Gasteiger partial charge on any atom is 0.243 e. The Bertz CT molecular complexity index is 692. The lowest BCUT2D eigenvalue weighted by Crippen LogP contribution is -2.28. The molecular formula is C18H26N2O3S2. The molecule has 0 unspecified atom stereocenters. The van der Waals surface area contributed by atoms with Crippen molar-refractivity contribution in [3.05, 3.63) is 24.3 Å². The zero-order chi connectivity index (χ0) is 17.9. The van der Waals surface area contributed by atoms with E-state index >= 15 is 0 Å². The van der Waals surface area contributed by atoms with E-state index in [0.29, 0.717) is 28.9 Å². The van der Waals surface area contributed by atoms with Crippen molar-refractivity contribution in [2.24, 2.45) is 0 Å². The second kappa shape index (κ2) is 8.10. The van der Waals surface area contributed by atoms with Crippen LogP contribution < -0.4 is 5.32 Å². The number of sulfonamides is 1. The van der Waals surface area contributed by atoms with Crippen molar-refractivity contribution in [3.63, 3.8) is 0 Å². The van der Waals surface area contributed by atoms with Gasteiger partial charge in [0.1, 0.15) is 0 Å². The number of carbonyl (C=O) groups excluding carboxylic acids is 1. The van der Waals surface area contributed by atoms with Gasteiger partial charge in [-0.25, -0.2) is 8.42 Å². The molecular weight excluding hydrogens is 356 g/mol. The Kier molecular flexibility index (Phi) is 6.07. The van der Waals surface area contributed by atoms with Crippen molar-refractivity contribution < 1.29 is 13.2 Å². The lowest BCUT2D eigenvalue weighted by molar-refractivity contribution is -0.115. The molecule has 1 aromatic rings. The zero-order valence-corrected chi connectivity index (χ0v) is 16.2. The highest BCUT2D eigenvalue weighted by molar-refractivity contribution is 8.01. The number of hydrogen-bond acceptors (Lipinski definition) is 4. The van der Waals surface area contributed by atoms with Crippen molar-refractivity contribution in [3.8, 4) is 0 Å². The number of carbonyl (C=O) groups is 1. The Morgan fingerprint density at radius 2 is 1.72 bits per heavy atom. The van der Waals surface area contributed by atoms with Crippen molar-refractivity contribution >= 4 is 33.4 Å². The fourth-order valence-electron chi connectivity index (χ4n) is 3.41. The largest absolute Gasteiger partial charge is 0.325 e. The van der Waals surface area contributed by atoms with Gasteiger partial charge in [-0.15, -0.1) is 11.8 Å². The number of nitrogens with zero attached hydrogens (tertiary/aromatic N) is 1. The minimum Gasteiger partial charge on any atom is -0.325 e. The summed E-state index contributed by atoms with van der Waals surface area (Å²) < 4.78 is 26.5. The fraction of sp³-hybridized carbons (Fsp3) is 0.611. The van der Waals surface area contributed by atoms with E-state index in [1.807, 2.05) is 6.92 Å². The number of hydrogen-bond donors (Lipinski definition) is 1. The molecule has 7 heteroatoms. The van der Waals surface area contributed by atoms with Gasteiger partial charge < -0.3 is 5.32 Å². The number of rotatable bonds is 6. The summed E-state index contributed by atoms with van der Waals surface area (Å²) in [6, 6.07) is 6.51. The van der Waals surface area contributed by atoms with Crippen molar-refractivity contribution in [1.29, 1.82) is 0 Å². The summed E-state index contributed by atoms with van der Waals surface area (Å²) in [6.07, 6.45) is 6.77. The van der Waals surface area contributed by atoms with Crippen LogP contribution in [-0.2, 0) is 14.8 Å². The first-order chi connectivity index (χ1) is 12.0. The number of nitrogens with one attached hydrogen (secondary N) is 1. The maximum absolute atomic E-state index is 12.5. The van der Waals surface area contributed by atoms with Gasteiger partial charge in [0, 0.05) is 24.0 Å². The Morgan fingerprint density at radius 1 is 1.12 bits per heavy atom. The van der Waals surface area contributed by atoms with Crippen LogP contribution in [-0.4, -0.2) is 42.2 Å². The first-order valence-electron chi connectivity index (χ1n) is 9.03. The van der Waals surface area contributed by atoms with E-state index in [9.17, 15) is 13.2 Å². The Balaban J connectivity index is 1.59. The molecule has 0 bridgehead atoms. The Morgan fingerprint density at radius 3 is 2.32 bits per heavy atom. The number of anilines is 1. The van der Waals surface area contributed by atoms with Crippen LogP contribution in [0, 0.1) is 0 Å². The van der Waals surface area contributed by atoms with E-state index in [-0.39, 0.29) is 11.2 Å². The smallest absolute Gasteiger partial charge is 0.243 e. The summed E-state index contributed by atoms with van der Waals surface area (Å²) in [6.45, 7) is 3.12. The van der Waals surface area contributed by atoms with Gasteiger partial charge in [-0.1, -0.05) is 12.8 Å². The molecule has 0 spiro atoms. The second-order valence-corrected chi connectivity index (χ2v) is 10.4. The molecule has 1 aliphatic carbocycles. The van der Waals surface area contributed by atoms with E-state index in [1.54, 1.807) is 36.0 Å². The molecule has 0 aromatic heterocycles. The minimum absolute atomic E-state index is 0.0212. The van der Waals surface area contributed by atoms with Crippen molar-refractivity contribution in [1.82, 2.24) is 4.31 Å². The molecule has 1 saturated carbocycles. The van der Waals surface area contributed by atoms with Gasteiger partial charge in [0.15, 0.2) is 0 Å². The minimum atomic E-state index is -3.40. The molecule has 1 amide bonds. The molecule has 1 N–H and O–H groups in total. The van der Waals surface area contributed by atoms with Crippen LogP contribution in [0.4, 0.5) is 5.69 Å². The number of amides is 1. The third kappa shape index (κ3) is 4.57. The molecule has 1 heterocycles. The maximum atomic E-state index is 12.5. The molecule has 1 saturated heterocycles. The average Bonchev–Trinajstić information content (AvgIpc) is 3.29. The third-order valence-electron chi connectivity index (χ3n) is 4.89. The molecule has 1 aliphatic heterocycles. The lowest BCUT2D eigenvalue weighted by Gasteiger charge is -2.17. The van der Waals surface area contributed by atoms with E-state index in [4.69, 9.17) is 0 Å². The van der Waals surface area contributed by atoms with Gasteiger partial charge in [0.05, 0.1) is 10.1 Å². The van der Waals surface area contributed by atoms with Crippen LogP contribution >= 0.6 is 11.8 Å². The zero-order valence-electron chi connectivity index (χ0n) is 14.6. The topological polar surface area (TPSA) is 66.5 Å². The normalized spacial score (nSPS) is 20.7. The van der Waals surface area contributed by atoms with Crippen molar-refractivity contribution in [2.75, 3.05) is 18.4 Å². The van der Waals surface area contributed by atoms with Gasteiger partial charge in [0.2, 0.25) is 15.9 Å². The van der Waals surface area contributed by atoms with Crippen LogP contribution in [0.15, 0.2) is 29.2 Å². The predicted molar refractivity (Wildman–Crippen MR) is 102 cm³/mol. The molecule has 138 valence electrons. The molecule has 25 heavy (non-hydrogen) atoms. The van der Waals surface area contributed by atoms with E-state index < -0.39 is 10.0 Å². The SMILES string of the molecule is C[C@H](SC1CCCC1)C(=O)Nc1ccc(S(=O)(=O)N2CCCC2)cc1. The monoisotopic (exact) mass is 382 g/mol. The highest BCUT2D eigenvalue weighted by Crippen LogP contribution is 2.32. The highest BCUT2D eigenvalue weighted by Gasteiger charge is 2.27. The fourth-order valence-corrected chi connectivity index (χ4v) is 6.29. The predicted octanol–water partition coefficient (Wildman–Crippen LogP) is 3.47. The summed E-state index contributed by atoms with van der Waals surface area (Å²) in [5.74, 6) is -0.0212. The van der Waals surface area contributed by atoms with Gasteiger partial charge >= 0.3 is 0 Å². The summed E-state index contributed by atoms with van der Waals surface area (Å²) in [4.78, 5) is 12.6. The van der Waals surface area contributed by atoms with Gasteiger partial charge in [-0.3, -0.25) is 4.79 Å². The van der Waals surface area contributed by atoms with Crippen LogP contribution in [0.2, 0.25) is 0 Å². The molecule has 5 nitrogen and oxygen atoms in total. The van der Waals surface area contributed by atoms with Gasteiger partial charge in [-0.05, 0) is 56.9 Å². The molecule has 1 aromatic carbocycles. The number of thioether (sulfide) groups is 1. The first kappa shape index (κ1) is 18.7. The van der Waals surface area contributed by atoms with Crippen LogP contribution in [0.1, 0.15) is 45.4 Å². The van der Waals surface area contributed by atoms with Crippen LogP contribution in [0.5, 0.6) is 0 Å². The van der Waals surface area contributed by atoms with Crippen LogP contribution in [0.25, 0.3) is 0 Å². The Labute approximate surface area is 154 Å². The molecule has 1 atom stereocenters. The lowest BCUT2D eigenvalue weighted by atomic mass is 10.3. The van der Waals surface area contributed by atoms with Crippen LogP contribution in [0.3, 0.4) is 0 Å². The standard InChI is InChI=1S/C18H26N2O3S2/c1-14(24-16-6-2-3-7-16)18(21)19-15-8-10-17(11-9-15)25(22,23)20-12-4-5-13-20/h8-11,14,16H,2-7,12-13H2,1H3,(H,19,21)/t14-/m0/s1. The van der Waals surface area contributed by atoms with E-state index in [1.165, 1.54) is 30.0 Å². The molecule has 0 radical (unpaired) electrons. The van der Waals surface area contributed by atoms with Crippen molar-refractivity contribution in [2.45, 2.75) is 60.8 Å². The average molecular weight is 383 g/mol. The summed E-state index contributed by atoms with van der Waals surface area (Å²) in [5, 5.41) is 3.39. The van der Waals surface area contributed by atoms with Gasteiger partial charge in [-0.2, -0.15) is 4.31 Å². The summed E-state index contributed by atoms with van der Waals surface area (Å²) >= 11 is 1.74. The molecule has 3 rings (SSSR count).